The Hall–Kier alpha value is -2.05. The Morgan fingerprint density at radius 2 is 2.22 bits per heavy atom. The first-order chi connectivity index (χ1) is 8.74. The molecule has 0 N–H and O–H groups in total. The summed E-state index contributed by atoms with van der Waals surface area (Å²) in [6.45, 7) is 2.07. The number of ether oxygens (including phenoxy) is 1. The van der Waals surface area contributed by atoms with E-state index in [1.54, 1.807) is 6.07 Å². The van der Waals surface area contributed by atoms with Crippen molar-refractivity contribution in [3.05, 3.63) is 52.7 Å². The van der Waals surface area contributed by atoms with Gasteiger partial charge < -0.3 is 4.74 Å². The number of aryl methyl sites for hydroxylation is 1. The molecule has 90 valence electrons. The molecule has 0 radical (unpaired) electrons. The van der Waals surface area contributed by atoms with E-state index < -0.39 is 0 Å². The van der Waals surface area contributed by atoms with E-state index in [2.05, 4.69) is 11.9 Å². The van der Waals surface area contributed by atoms with Crippen molar-refractivity contribution in [2.24, 2.45) is 0 Å². The smallest absolute Gasteiger partial charge is 0.239 e. The van der Waals surface area contributed by atoms with Gasteiger partial charge >= 0.3 is 0 Å². The molecule has 0 amide bonds. The highest BCUT2D eigenvalue weighted by Crippen LogP contribution is 2.29. The van der Waals surface area contributed by atoms with Crippen molar-refractivity contribution in [3.8, 4) is 17.7 Å². The van der Waals surface area contributed by atoms with Crippen LogP contribution in [0.1, 0.15) is 18.1 Å². The maximum Gasteiger partial charge on any atom is 0.239 e. The number of rotatable bonds is 3. The fraction of sp³-hybridized carbons (Fsp3) is 0.143. The second-order valence-corrected chi connectivity index (χ2v) is 4.07. The van der Waals surface area contributed by atoms with Crippen molar-refractivity contribution in [3.63, 3.8) is 0 Å². The van der Waals surface area contributed by atoms with Gasteiger partial charge in [-0.3, -0.25) is 0 Å². The van der Waals surface area contributed by atoms with E-state index in [1.165, 1.54) is 11.8 Å². The highest BCUT2D eigenvalue weighted by Gasteiger charge is 2.09. The minimum atomic E-state index is 0.238. The minimum absolute atomic E-state index is 0.238. The molecule has 0 saturated heterocycles. The molecule has 0 aliphatic rings. The number of hydrogen-bond donors (Lipinski definition) is 0. The lowest BCUT2D eigenvalue weighted by Gasteiger charge is -2.07. The maximum absolute atomic E-state index is 8.87. The van der Waals surface area contributed by atoms with Crippen LogP contribution in [0.4, 0.5) is 0 Å². The van der Waals surface area contributed by atoms with E-state index in [1.807, 2.05) is 30.3 Å². The van der Waals surface area contributed by atoms with Gasteiger partial charge in [0.1, 0.15) is 16.8 Å². The second-order valence-electron chi connectivity index (χ2n) is 3.69. The average molecular weight is 259 g/mol. The van der Waals surface area contributed by atoms with E-state index in [0.29, 0.717) is 11.3 Å². The number of halogens is 1. The topological polar surface area (TPSA) is 45.9 Å². The van der Waals surface area contributed by atoms with Gasteiger partial charge in [0.05, 0.1) is 5.56 Å². The van der Waals surface area contributed by atoms with Crippen molar-refractivity contribution in [2.45, 2.75) is 13.3 Å². The van der Waals surface area contributed by atoms with Crippen LogP contribution in [-0.4, -0.2) is 4.98 Å². The summed E-state index contributed by atoms with van der Waals surface area (Å²) in [6, 6.07) is 11.2. The number of pyridine rings is 1. The largest absolute Gasteiger partial charge is 0.437 e. The number of benzene rings is 1. The molecule has 1 heterocycles. The Labute approximate surface area is 111 Å². The van der Waals surface area contributed by atoms with Gasteiger partial charge in [-0.2, -0.15) is 5.26 Å². The number of nitriles is 1. The third-order valence-corrected chi connectivity index (χ3v) is 2.86. The van der Waals surface area contributed by atoms with E-state index in [9.17, 15) is 0 Å². The number of aromatic nitrogens is 1. The maximum atomic E-state index is 8.87. The molecular formula is C14H11ClN2O. The Morgan fingerprint density at radius 3 is 2.94 bits per heavy atom. The average Bonchev–Trinajstić information content (AvgIpc) is 2.41. The van der Waals surface area contributed by atoms with E-state index >= 15 is 0 Å². The molecule has 4 heteroatoms. The van der Waals surface area contributed by atoms with Gasteiger partial charge in [0.2, 0.25) is 5.88 Å². The highest BCUT2D eigenvalue weighted by molar-refractivity contribution is 6.33. The summed E-state index contributed by atoms with van der Waals surface area (Å²) < 4.78 is 5.60. The number of hydrogen-bond acceptors (Lipinski definition) is 3. The van der Waals surface area contributed by atoms with Crippen LogP contribution >= 0.6 is 11.6 Å². The van der Waals surface area contributed by atoms with Crippen LogP contribution < -0.4 is 4.74 Å². The molecule has 18 heavy (non-hydrogen) atoms. The quantitative estimate of drug-likeness (QED) is 0.837. The molecule has 0 spiro atoms. The van der Waals surface area contributed by atoms with Crippen molar-refractivity contribution >= 4 is 11.6 Å². The predicted molar refractivity (Wildman–Crippen MR) is 69.9 cm³/mol. The molecule has 1 aromatic carbocycles. The lowest BCUT2D eigenvalue weighted by molar-refractivity contribution is 0.462. The molecule has 0 fully saturated rings. The Balaban J connectivity index is 2.31. The molecule has 0 aliphatic heterocycles. The molecule has 0 bridgehead atoms. The molecule has 0 atom stereocenters. The molecule has 3 nitrogen and oxygen atoms in total. The van der Waals surface area contributed by atoms with Crippen LogP contribution in [0.25, 0.3) is 0 Å². The second kappa shape index (κ2) is 5.52. The summed E-state index contributed by atoms with van der Waals surface area (Å²) in [5.74, 6) is 0.919. The van der Waals surface area contributed by atoms with Gasteiger partial charge in [-0.1, -0.05) is 30.7 Å². The summed E-state index contributed by atoms with van der Waals surface area (Å²) in [4.78, 5) is 4.03. The van der Waals surface area contributed by atoms with Crippen molar-refractivity contribution in [2.75, 3.05) is 0 Å². The lowest BCUT2D eigenvalue weighted by Crippen LogP contribution is -1.91. The van der Waals surface area contributed by atoms with Gasteiger partial charge in [-0.15, -0.1) is 0 Å². The summed E-state index contributed by atoms with van der Waals surface area (Å²) in [7, 11) is 0. The van der Waals surface area contributed by atoms with Gasteiger partial charge in [0, 0.05) is 6.20 Å². The number of nitrogens with zero attached hydrogens (tertiary/aromatic N) is 2. The van der Waals surface area contributed by atoms with Crippen molar-refractivity contribution in [1.29, 1.82) is 5.26 Å². The monoisotopic (exact) mass is 258 g/mol. The lowest BCUT2D eigenvalue weighted by atomic mass is 10.2. The Bertz CT molecular complexity index is 605. The summed E-state index contributed by atoms with van der Waals surface area (Å²) >= 11 is 6.02. The predicted octanol–water partition coefficient (Wildman–Crippen LogP) is 3.96. The van der Waals surface area contributed by atoms with Crippen LogP contribution in [0.3, 0.4) is 0 Å². The highest BCUT2D eigenvalue weighted by atomic mass is 35.5. The first-order valence-corrected chi connectivity index (χ1v) is 5.93. The van der Waals surface area contributed by atoms with E-state index in [-0.39, 0.29) is 10.9 Å². The van der Waals surface area contributed by atoms with Crippen LogP contribution in [-0.2, 0) is 6.42 Å². The first kappa shape index (κ1) is 12.4. The molecule has 0 aliphatic carbocycles. The molecule has 2 aromatic rings. The third kappa shape index (κ3) is 2.61. The molecule has 0 saturated carbocycles. The van der Waals surface area contributed by atoms with E-state index in [4.69, 9.17) is 21.6 Å². The zero-order valence-electron chi connectivity index (χ0n) is 9.85. The first-order valence-electron chi connectivity index (χ1n) is 5.56. The fourth-order valence-corrected chi connectivity index (χ4v) is 1.72. The minimum Gasteiger partial charge on any atom is -0.437 e. The summed E-state index contributed by atoms with van der Waals surface area (Å²) in [5.41, 5.74) is 1.52. The molecular weight excluding hydrogens is 248 g/mol. The van der Waals surface area contributed by atoms with Gasteiger partial charge in [0.25, 0.3) is 0 Å². The van der Waals surface area contributed by atoms with E-state index in [0.717, 1.165) is 6.42 Å². The van der Waals surface area contributed by atoms with Crippen LogP contribution in [0, 0.1) is 11.3 Å². The molecule has 0 unspecified atom stereocenters. The van der Waals surface area contributed by atoms with Crippen LogP contribution in [0.5, 0.6) is 11.6 Å². The van der Waals surface area contributed by atoms with Gasteiger partial charge in [0.15, 0.2) is 0 Å². The van der Waals surface area contributed by atoms with Crippen molar-refractivity contribution in [1.82, 2.24) is 4.98 Å². The standard InChI is InChI=1S/C14H11ClN2O/c1-2-10-4-3-5-12(8-10)18-14-13(15)11(9-16)6-7-17-14/h3-8H,2H2,1H3. The zero-order chi connectivity index (χ0) is 13.0. The van der Waals surface area contributed by atoms with Gasteiger partial charge in [-0.05, 0) is 30.2 Å². The fourth-order valence-electron chi connectivity index (χ4n) is 1.52. The van der Waals surface area contributed by atoms with Crippen LogP contribution in [0.2, 0.25) is 5.02 Å². The Morgan fingerprint density at radius 1 is 1.39 bits per heavy atom. The third-order valence-electron chi connectivity index (χ3n) is 2.50. The summed E-state index contributed by atoms with van der Waals surface area (Å²) in [6.07, 6.45) is 2.43. The normalized spacial score (nSPS) is 9.83. The van der Waals surface area contributed by atoms with Crippen LogP contribution in [0.15, 0.2) is 36.5 Å². The summed E-state index contributed by atoms with van der Waals surface area (Å²) in [5, 5.41) is 9.11. The van der Waals surface area contributed by atoms with Crippen molar-refractivity contribution < 1.29 is 4.74 Å². The zero-order valence-corrected chi connectivity index (χ0v) is 10.6. The molecule has 1 aromatic heterocycles. The SMILES string of the molecule is CCc1cccc(Oc2nccc(C#N)c2Cl)c1. The Kier molecular flexibility index (Phi) is 3.81. The molecule has 2 rings (SSSR count). The van der Waals surface area contributed by atoms with Gasteiger partial charge in [-0.25, -0.2) is 4.98 Å².